The molecule has 1 heterocycles. The Bertz CT molecular complexity index is 206. The van der Waals surface area contributed by atoms with Gasteiger partial charge in [-0.1, -0.05) is 6.92 Å². The molecule has 1 fully saturated rings. The van der Waals surface area contributed by atoms with Crippen LogP contribution in [-0.2, 0) is 4.74 Å². The summed E-state index contributed by atoms with van der Waals surface area (Å²) in [5.74, 6) is 0. The summed E-state index contributed by atoms with van der Waals surface area (Å²) in [6, 6.07) is -0.120. The molecule has 4 heteroatoms. The molecule has 1 saturated heterocycles. The minimum atomic E-state index is -0.120. The van der Waals surface area contributed by atoms with Crippen molar-refractivity contribution < 1.29 is 9.53 Å². The molecule has 0 bridgehead atoms. The molecule has 0 spiro atoms. The number of amides is 2. The maximum Gasteiger partial charge on any atom is 0.318 e. The van der Waals surface area contributed by atoms with Crippen molar-refractivity contribution in [1.29, 1.82) is 0 Å². The van der Waals surface area contributed by atoms with Crippen LogP contribution in [0.15, 0.2) is 11.8 Å². The molecule has 0 aromatic heterocycles. The molecule has 0 atom stereocenters. The highest BCUT2D eigenvalue weighted by Crippen LogP contribution is 2.11. The first-order valence-electron chi connectivity index (χ1n) is 5.13. The van der Waals surface area contributed by atoms with Crippen LogP contribution in [0, 0.1) is 0 Å². The zero-order valence-electron chi connectivity index (χ0n) is 8.64. The zero-order valence-corrected chi connectivity index (χ0v) is 8.64. The average molecular weight is 198 g/mol. The maximum atomic E-state index is 11.1. The first-order valence-corrected chi connectivity index (χ1v) is 5.13. The number of ether oxygens (including phenoxy) is 1. The quantitative estimate of drug-likeness (QED) is 0.720. The van der Waals surface area contributed by atoms with Crippen molar-refractivity contribution in [3.63, 3.8) is 0 Å². The normalized spacial score (nSPS) is 16.2. The largest absolute Gasteiger partial charge is 0.381 e. The Morgan fingerprint density at radius 1 is 1.50 bits per heavy atom. The van der Waals surface area contributed by atoms with E-state index in [4.69, 9.17) is 4.74 Å². The van der Waals surface area contributed by atoms with Gasteiger partial charge in [-0.3, -0.25) is 0 Å². The third kappa shape index (κ3) is 4.28. The minimum Gasteiger partial charge on any atom is -0.381 e. The van der Waals surface area contributed by atoms with Crippen molar-refractivity contribution >= 4 is 6.03 Å². The van der Waals surface area contributed by atoms with Crippen LogP contribution in [0.3, 0.4) is 0 Å². The van der Waals surface area contributed by atoms with Gasteiger partial charge in [0.1, 0.15) is 0 Å². The Balaban J connectivity index is 2.19. The summed E-state index contributed by atoms with van der Waals surface area (Å²) >= 11 is 0. The van der Waals surface area contributed by atoms with E-state index in [1.54, 1.807) is 6.20 Å². The highest BCUT2D eigenvalue weighted by molar-refractivity contribution is 5.74. The van der Waals surface area contributed by atoms with Crippen LogP contribution >= 0.6 is 0 Å². The van der Waals surface area contributed by atoms with Gasteiger partial charge in [0.25, 0.3) is 0 Å². The van der Waals surface area contributed by atoms with E-state index in [9.17, 15) is 4.79 Å². The summed E-state index contributed by atoms with van der Waals surface area (Å²) in [6.45, 7) is 4.28. The van der Waals surface area contributed by atoms with Gasteiger partial charge < -0.3 is 15.4 Å². The number of hydrogen-bond donors (Lipinski definition) is 2. The molecule has 4 nitrogen and oxygen atoms in total. The summed E-state index contributed by atoms with van der Waals surface area (Å²) in [5, 5.41) is 5.47. The maximum absolute atomic E-state index is 11.1. The Kier molecular flexibility index (Phi) is 5.07. The summed E-state index contributed by atoms with van der Waals surface area (Å²) < 4.78 is 5.20. The molecule has 0 radical (unpaired) electrons. The zero-order chi connectivity index (χ0) is 10.2. The lowest BCUT2D eigenvalue weighted by Gasteiger charge is -2.14. The first-order chi connectivity index (χ1) is 6.83. The first kappa shape index (κ1) is 11.0. The van der Waals surface area contributed by atoms with Crippen LogP contribution in [0.4, 0.5) is 4.79 Å². The highest BCUT2D eigenvalue weighted by Gasteiger charge is 2.05. The molecule has 0 saturated carbocycles. The summed E-state index contributed by atoms with van der Waals surface area (Å²) in [4.78, 5) is 11.1. The van der Waals surface area contributed by atoms with Gasteiger partial charge in [-0.05, 0) is 24.8 Å². The summed E-state index contributed by atoms with van der Waals surface area (Å²) in [7, 11) is 0. The number of rotatable bonds is 3. The molecule has 2 N–H and O–H groups in total. The molecule has 0 aromatic carbocycles. The second-order valence-electron chi connectivity index (χ2n) is 3.32. The molecule has 14 heavy (non-hydrogen) atoms. The fraction of sp³-hybridized carbons (Fsp3) is 0.700. The van der Waals surface area contributed by atoms with Crippen molar-refractivity contribution in [1.82, 2.24) is 10.6 Å². The molecule has 1 rings (SSSR count). The van der Waals surface area contributed by atoms with E-state index in [1.165, 1.54) is 5.57 Å². The van der Waals surface area contributed by atoms with Gasteiger partial charge in [-0.15, -0.1) is 0 Å². The van der Waals surface area contributed by atoms with Crippen molar-refractivity contribution in [2.75, 3.05) is 19.8 Å². The van der Waals surface area contributed by atoms with Crippen molar-refractivity contribution in [3.05, 3.63) is 11.8 Å². The van der Waals surface area contributed by atoms with Crippen LogP contribution in [0.5, 0.6) is 0 Å². The number of urea groups is 1. The molecule has 1 aliphatic heterocycles. The molecule has 80 valence electrons. The van der Waals surface area contributed by atoms with E-state index < -0.39 is 0 Å². The van der Waals surface area contributed by atoms with Crippen LogP contribution < -0.4 is 10.6 Å². The van der Waals surface area contributed by atoms with Crippen LogP contribution in [0.1, 0.15) is 26.2 Å². The van der Waals surface area contributed by atoms with Crippen molar-refractivity contribution in [2.45, 2.75) is 26.2 Å². The molecule has 0 aromatic rings. The predicted molar refractivity (Wildman–Crippen MR) is 55.0 cm³/mol. The highest BCUT2D eigenvalue weighted by atomic mass is 16.5. The predicted octanol–water partition coefficient (Wildman–Crippen LogP) is 1.39. The lowest BCUT2D eigenvalue weighted by molar-refractivity contribution is 0.119. The third-order valence-corrected chi connectivity index (χ3v) is 2.08. The summed E-state index contributed by atoms with van der Waals surface area (Å²) in [6.07, 6.45) is 4.60. The van der Waals surface area contributed by atoms with E-state index in [2.05, 4.69) is 10.6 Å². The van der Waals surface area contributed by atoms with E-state index >= 15 is 0 Å². The van der Waals surface area contributed by atoms with Gasteiger partial charge in [0.15, 0.2) is 0 Å². The van der Waals surface area contributed by atoms with Gasteiger partial charge in [0.2, 0.25) is 0 Å². The van der Waals surface area contributed by atoms with E-state index in [-0.39, 0.29) is 6.03 Å². The Morgan fingerprint density at radius 2 is 2.21 bits per heavy atom. The number of carbonyl (C=O) groups is 1. The summed E-state index contributed by atoms with van der Waals surface area (Å²) in [5.41, 5.74) is 1.25. The molecule has 0 unspecified atom stereocenters. The molecule has 2 amide bonds. The van der Waals surface area contributed by atoms with Gasteiger partial charge >= 0.3 is 6.03 Å². The Morgan fingerprint density at radius 3 is 2.86 bits per heavy atom. The molecular weight excluding hydrogens is 180 g/mol. The van der Waals surface area contributed by atoms with Gasteiger partial charge in [-0.2, -0.15) is 0 Å². The second-order valence-corrected chi connectivity index (χ2v) is 3.32. The standard InChI is InChI=1S/C10H18N2O2/c1-2-5-11-10(13)12-8-9-3-6-14-7-4-9/h8H,2-7H2,1H3,(H2,11,12,13). The van der Waals surface area contributed by atoms with E-state index in [0.717, 1.165) is 39.0 Å². The second kappa shape index (κ2) is 6.43. The van der Waals surface area contributed by atoms with E-state index in [1.807, 2.05) is 6.92 Å². The Hall–Kier alpha value is -1.03. The van der Waals surface area contributed by atoms with Crippen molar-refractivity contribution in [3.8, 4) is 0 Å². The van der Waals surface area contributed by atoms with Crippen LogP contribution in [0.25, 0.3) is 0 Å². The van der Waals surface area contributed by atoms with Gasteiger partial charge in [0.05, 0.1) is 13.2 Å². The molecule has 1 aliphatic rings. The van der Waals surface area contributed by atoms with Gasteiger partial charge in [0, 0.05) is 12.7 Å². The number of carbonyl (C=O) groups excluding carboxylic acids is 1. The monoisotopic (exact) mass is 198 g/mol. The smallest absolute Gasteiger partial charge is 0.318 e. The lowest BCUT2D eigenvalue weighted by Crippen LogP contribution is -2.33. The Labute approximate surface area is 84.7 Å². The fourth-order valence-corrected chi connectivity index (χ4v) is 1.24. The fourth-order valence-electron chi connectivity index (χ4n) is 1.24. The molecule has 0 aliphatic carbocycles. The van der Waals surface area contributed by atoms with Crippen LogP contribution in [-0.4, -0.2) is 25.8 Å². The third-order valence-electron chi connectivity index (χ3n) is 2.08. The van der Waals surface area contributed by atoms with Crippen LogP contribution in [0.2, 0.25) is 0 Å². The number of hydrogen-bond acceptors (Lipinski definition) is 2. The van der Waals surface area contributed by atoms with Gasteiger partial charge in [-0.25, -0.2) is 4.79 Å². The SMILES string of the molecule is CCCNC(=O)NC=C1CCOCC1. The minimum absolute atomic E-state index is 0.120. The van der Waals surface area contributed by atoms with Crippen molar-refractivity contribution in [2.24, 2.45) is 0 Å². The average Bonchev–Trinajstić information content (AvgIpc) is 2.25. The molecular formula is C10H18N2O2. The number of nitrogens with one attached hydrogen (secondary N) is 2. The van der Waals surface area contributed by atoms with E-state index in [0.29, 0.717) is 0 Å². The topological polar surface area (TPSA) is 50.4 Å². The lowest BCUT2D eigenvalue weighted by atomic mass is 10.1.